The minimum absolute atomic E-state index is 0.202. The fourth-order valence-corrected chi connectivity index (χ4v) is 3.72. The van der Waals surface area contributed by atoms with Crippen LogP contribution in [-0.4, -0.2) is 12.4 Å². The highest BCUT2D eigenvalue weighted by Crippen LogP contribution is 2.49. The molecule has 0 N–H and O–H groups in total. The Hall–Kier alpha value is -1.05. The van der Waals surface area contributed by atoms with Crippen LogP contribution in [0.15, 0.2) is 23.5 Å². The molecule has 3 rings (SSSR count). The van der Waals surface area contributed by atoms with Gasteiger partial charge in [-0.3, -0.25) is 4.79 Å². The van der Waals surface area contributed by atoms with E-state index in [0.29, 0.717) is 11.8 Å². The number of rotatable bonds is 1. The van der Waals surface area contributed by atoms with E-state index in [-0.39, 0.29) is 11.7 Å². The Morgan fingerprint density at radius 1 is 1.35 bits per heavy atom. The molecule has 2 heteroatoms. The Labute approximate surface area is 103 Å². The van der Waals surface area contributed by atoms with Crippen molar-refractivity contribution in [3.63, 3.8) is 0 Å². The number of ether oxygens (including phenoxy) is 1. The first-order valence-electron chi connectivity index (χ1n) is 6.74. The Morgan fingerprint density at radius 3 is 2.94 bits per heavy atom. The van der Waals surface area contributed by atoms with Crippen molar-refractivity contribution in [1.82, 2.24) is 0 Å². The lowest BCUT2D eigenvalue weighted by molar-refractivity contribution is -0.123. The van der Waals surface area contributed by atoms with Crippen LogP contribution in [0.1, 0.15) is 39.0 Å². The van der Waals surface area contributed by atoms with Gasteiger partial charge < -0.3 is 4.74 Å². The minimum atomic E-state index is 0.202. The summed E-state index contributed by atoms with van der Waals surface area (Å²) in [4.78, 5) is 12.3. The normalized spacial score (nSPS) is 36.3. The summed E-state index contributed by atoms with van der Waals surface area (Å²) >= 11 is 0. The van der Waals surface area contributed by atoms with Gasteiger partial charge in [-0.1, -0.05) is 12.2 Å². The Morgan fingerprint density at radius 2 is 2.18 bits per heavy atom. The van der Waals surface area contributed by atoms with Crippen LogP contribution < -0.4 is 0 Å². The summed E-state index contributed by atoms with van der Waals surface area (Å²) in [6, 6.07) is 0. The second kappa shape index (κ2) is 4.01. The molecule has 0 radical (unpaired) electrons. The van der Waals surface area contributed by atoms with E-state index in [1.807, 2.05) is 0 Å². The molecule has 0 aromatic carbocycles. The molecule has 0 spiro atoms. The topological polar surface area (TPSA) is 26.3 Å². The van der Waals surface area contributed by atoms with Gasteiger partial charge in [-0.15, -0.1) is 0 Å². The van der Waals surface area contributed by atoms with E-state index < -0.39 is 0 Å². The third-order valence-electron chi connectivity index (χ3n) is 4.68. The second-order valence-corrected chi connectivity index (χ2v) is 5.74. The van der Waals surface area contributed by atoms with E-state index in [2.05, 4.69) is 13.5 Å². The average molecular weight is 232 g/mol. The molecule has 1 saturated carbocycles. The lowest BCUT2D eigenvalue weighted by atomic mass is 9.71. The van der Waals surface area contributed by atoms with E-state index in [9.17, 15) is 4.79 Å². The molecular formula is C15H20O2. The number of fused-ring (bicyclic) bond motifs is 2. The zero-order valence-corrected chi connectivity index (χ0v) is 10.5. The zero-order chi connectivity index (χ0) is 12.0. The summed E-state index contributed by atoms with van der Waals surface area (Å²) in [7, 11) is 0. The first-order valence-corrected chi connectivity index (χ1v) is 6.74. The molecule has 1 fully saturated rings. The maximum absolute atomic E-state index is 12.3. The molecule has 0 unspecified atom stereocenters. The maximum Gasteiger partial charge on any atom is 0.201 e. The molecule has 0 bridgehead atoms. The largest absolute Gasteiger partial charge is 0.490 e. The molecule has 0 aromatic heterocycles. The quantitative estimate of drug-likeness (QED) is 0.649. The van der Waals surface area contributed by atoms with Crippen molar-refractivity contribution in [3.8, 4) is 0 Å². The van der Waals surface area contributed by atoms with Crippen LogP contribution in [0.3, 0.4) is 0 Å². The van der Waals surface area contributed by atoms with Gasteiger partial charge in [-0.25, -0.2) is 0 Å². The van der Waals surface area contributed by atoms with E-state index >= 15 is 0 Å². The molecule has 2 nitrogen and oxygen atoms in total. The molecule has 1 heterocycles. The smallest absolute Gasteiger partial charge is 0.201 e. The fraction of sp³-hybridized carbons (Fsp3) is 0.667. The summed E-state index contributed by atoms with van der Waals surface area (Å²) < 4.78 is 5.61. The van der Waals surface area contributed by atoms with Crippen molar-refractivity contribution in [2.75, 3.05) is 6.61 Å². The van der Waals surface area contributed by atoms with Crippen LogP contribution in [0.4, 0.5) is 0 Å². The van der Waals surface area contributed by atoms with Gasteiger partial charge >= 0.3 is 0 Å². The van der Waals surface area contributed by atoms with Crippen LogP contribution in [-0.2, 0) is 9.53 Å². The lowest BCUT2D eigenvalue weighted by Gasteiger charge is -2.32. The summed E-state index contributed by atoms with van der Waals surface area (Å²) in [5.74, 6) is 2.27. The molecule has 92 valence electrons. The summed E-state index contributed by atoms with van der Waals surface area (Å²) in [5.41, 5.74) is 2.58. The lowest BCUT2D eigenvalue weighted by Crippen LogP contribution is -2.27. The van der Waals surface area contributed by atoms with Crippen molar-refractivity contribution in [1.29, 1.82) is 0 Å². The van der Waals surface area contributed by atoms with Gasteiger partial charge in [0.15, 0.2) is 5.76 Å². The standard InChI is InChI=1S/C15H20O2/c1-9(2)10-5-6-11-12-4-3-7-17-15(12)14(16)13(11)8-10/h10-11,13H,1,3-8H2,2H3/t10-,11+,13-/m1/s1. The molecular weight excluding hydrogens is 212 g/mol. The Kier molecular flexibility index (Phi) is 2.61. The number of carbonyl (C=O) groups excluding carboxylic acids is 1. The SMILES string of the molecule is C=C(C)[C@@H]1CC[C@H]2C3=C(OCCC3)C(=O)[C@@H]2C1. The summed E-state index contributed by atoms with van der Waals surface area (Å²) in [6.07, 6.45) is 5.51. The third-order valence-corrected chi connectivity index (χ3v) is 4.68. The average Bonchev–Trinajstić information content (AvgIpc) is 2.64. The number of Topliss-reactive ketones (excluding diaryl/α,β-unsaturated/α-hetero) is 1. The number of ketones is 1. The predicted molar refractivity (Wildman–Crippen MR) is 66.4 cm³/mol. The van der Waals surface area contributed by atoms with Crippen LogP contribution in [0.25, 0.3) is 0 Å². The number of hydrogen-bond acceptors (Lipinski definition) is 2. The maximum atomic E-state index is 12.3. The van der Waals surface area contributed by atoms with Gasteiger partial charge in [0.25, 0.3) is 0 Å². The highest BCUT2D eigenvalue weighted by atomic mass is 16.5. The van der Waals surface area contributed by atoms with Crippen LogP contribution in [0.5, 0.6) is 0 Å². The molecule has 1 aliphatic heterocycles. The Bertz CT molecular complexity index is 405. The van der Waals surface area contributed by atoms with Gasteiger partial charge in [0, 0.05) is 5.92 Å². The zero-order valence-electron chi connectivity index (χ0n) is 10.5. The summed E-state index contributed by atoms with van der Waals surface area (Å²) in [6.45, 7) is 6.87. The van der Waals surface area contributed by atoms with Crippen LogP contribution >= 0.6 is 0 Å². The van der Waals surface area contributed by atoms with E-state index in [4.69, 9.17) is 4.74 Å². The molecule has 17 heavy (non-hydrogen) atoms. The van der Waals surface area contributed by atoms with Crippen LogP contribution in [0, 0.1) is 17.8 Å². The number of carbonyl (C=O) groups is 1. The Balaban J connectivity index is 1.85. The second-order valence-electron chi connectivity index (χ2n) is 5.74. The van der Waals surface area contributed by atoms with Crippen molar-refractivity contribution >= 4 is 5.78 Å². The molecule has 3 atom stereocenters. The van der Waals surface area contributed by atoms with Crippen molar-refractivity contribution < 1.29 is 9.53 Å². The first-order chi connectivity index (χ1) is 8.18. The van der Waals surface area contributed by atoms with Crippen molar-refractivity contribution in [2.24, 2.45) is 17.8 Å². The molecule has 0 amide bonds. The highest BCUT2D eigenvalue weighted by Gasteiger charge is 2.46. The number of hydrogen-bond donors (Lipinski definition) is 0. The van der Waals surface area contributed by atoms with Crippen molar-refractivity contribution in [3.05, 3.63) is 23.5 Å². The highest BCUT2D eigenvalue weighted by molar-refractivity contribution is 5.99. The van der Waals surface area contributed by atoms with Gasteiger partial charge in [-0.05, 0) is 56.4 Å². The first kappa shape index (κ1) is 11.1. The van der Waals surface area contributed by atoms with E-state index in [0.717, 1.165) is 38.0 Å². The predicted octanol–water partition coefficient (Wildman–Crippen LogP) is 3.24. The molecule has 0 aromatic rings. The van der Waals surface area contributed by atoms with E-state index in [1.165, 1.54) is 17.6 Å². The minimum Gasteiger partial charge on any atom is -0.490 e. The number of allylic oxidation sites excluding steroid dienone is 3. The molecule has 2 aliphatic carbocycles. The summed E-state index contributed by atoms with van der Waals surface area (Å²) in [5, 5.41) is 0. The molecule has 3 aliphatic rings. The van der Waals surface area contributed by atoms with Gasteiger partial charge in [0.1, 0.15) is 0 Å². The van der Waals surface area contributed by atoms with Crippen LogP contribution in [0.2, 0.25) is 0 Å². The third kappa shape index (κ3) is 1.65. The molecule has 0 saturated heterocycles. The fourth-order valence-electron chi connectivity index (χ4n) is 3.72. The monoisotopic (exact) mass is 232 g/mol. The van der Waals surface area contributed by atoms with E-state index in [1.54, 1.807) is 0 Å². The van der Waals surface area contributed by atoms with Gasteiger partial charge in [-0.2, -0.15) is 0 Å². The van der Waals surface area contributed by atoms with Crippen molar-refractivity contribution in [2.45, 2.75) is 39.0 Å². The van der Waals surface area contributed by atoms with Gasteiger partial charge in [0.05, 0.1) is 6.61 Å². The van der Waals surface area contributed by atoms with Gasteiger partial charge in [0.2, 0.25) is 5.78 Å².